The van der Waals surface area contributed by atoms with Crippen molar-refractivity contribution < 1.29 is 13.9 Å². The molecule has 0 unspecified atom stereocenters. The minimum atomic E-state index is -0.357. The molecule has 0 bridgehead atoms. The highest BCUT2D eigenvalue weighted by molar-refractivity contribution is 5.78. The van der Waals surface area contributed by atoms with E-state index in [1.165, 1.54) is 6.07 Å². The van der Waals surface area contributed by atoms with E-state index in [1.54, 1.807) is 25.3 Å². The van der Waals surface area contributed by atoms with Crippen LogP contribution in [-0.4, -0.2) is 13.0 Å². The van der Waals surface area contributed by atoms with Gasteiger partial charge in [0.2, 0.25) is 5.91 Å². The van der Waals surface area contributed by atoms with Crippen LogP contribution in [0.4, 0.5) is 4.39 Å². The molecule has 0 heterocycles. The van der Waals surface area contributed by atoms with E-state index in [4.69, 9.17) is 4.74 Å². The van der Waals surface area contributed by atoms with Gasteiger partial charge in [-0.3, -0.25) is 4.79 Å². The van der Waals surface area contributed by atoms with Gasteiger partial charge in [0.05, 0.1) is 13.5 Å². The quantitative estimate of drug-likeness (QED) is 0.909. The van der Waals surface area contributed by atoms with E-state index in [-0.39, 0.29) is 18.1 Å². The molecule has 0 spiro atoms. The molecule has 0 atom stereocenters. The second kappa shape index (κ2) is 6.70. The Bertz CT molecular complexity index is 599. The molecule has 0 saturated heterocycles. The van der Waals surface area contributed by atoms with Gasteiger partial charge in [0, 0.05) is 6.54 Å². The summed E-state index contributed by atoms with van der Waals surface area (Å²) in [6, 6.07) is 13.7. The van der Waals surface area contributed by atoms with Crippen molar-refractivity contribution in [2.24, 2.45) is 0 Å². The molecule has 1 amide bonds. The predicted octanol–water partition coefficient (Wildman–Crippen LogP) is 2.69. The van der Waals surface area contributed by atoms with Crippen molar-refractivity contribution in [1.82, 2.24) is 5.32 Å². The molecule has 1 N–H and O–H groups in total. The van der Waals surface area contributed by atoms with Crippen LogP contribution < -0.4 is 10.1 Å². The summed E-state index contributed by atoms with van der Waals surface area (Å²) in [5, 5.41) is 2.76. The molecule has 0 aliphatic heterocycles. The maximum Gasteiger partial charge on any atom is 0.224 e. The number of hydrogen-bond donors (Lipinski definition) is 1. The van der Waals surface area contributed by atoms with E-state index < -0.39 is 0 Å². The summed E-state index contributed by atoms with van der Waals surface area (Å²) in [5.41, 5.74) is 1.34. The summed E-state index contributed by atoms with van der Waals surface area (Å²) in [5.74, 6) is 0.174. The number of rotatable bonds is 5. The summed E-state index contributed by atoms with van der Waals surface area (Å²) < 4.78 is 18.5. The predicted molar refractivity (Wildman–Crippen MR) is 74.9 cm³/mol. The largest absolute Gasteiger partial charge is 0.497 e. The number of hydrogen-bond acceptors (Lipinski definition) is 2. The average Bonchev–Trinajstić information content (AvgIpc) is 2.48. The first-order valence-corrected chi connectivity index (χ1v) is 6.32. The molecule has 0 aliphatic carbocycles. The molecule has 2 rings (SSSR count). The second-order valence-electron chi connectivity index (χ2n) is 4.40. The Balaban J connectivity index is 1.90. The minimum absolute atomic E-state index is 0.0383. The lowest BCUT2D eigenvalue weighted by Crippen LogP contribution is -2.24. The van der Waals surface area contributed by atoms with Gasteiger partial charge in [0.1, 0.15) is 11.6 Å². The summed E-state index contributed by atoms with van der Waals surface area (Å²) in [6.45, 7) is 0.393. The summed E-state index contributed by atoms with van der Waals surface area (Å²) in [4.78, 5) is 11.8. The Morgan fingerprint density at radius 3 is 2.75 bits per heavy atom. The smallest absolute Gasteiger partial charge is 0.224 e. The first kappa shape index (κ1) is 14.1. The molecule has 0 saturated carbocycles. The monoisotopic (exact) mass is 273 g/mol. The molecule has 2 aromatic rings. The first-order valence-electron chi connectivity index (χ1n) is 6.32. The molecule has 20 heavy (non-hydrogen) atoms. The van der Waals surface area contributed by atoms with Crippen LogP contribution in [0.5, 0.6) is 5.75 Å². The Labute approximate surface area is 117 Å². The average molecular weight is 273 g/mol. The molecule has 0 radical (unpaired) electrons. The zero-order valence-electron chi connectivity index (χ0n) is 11.2. The standard InChI is InChI=1S/C16H16FNO2/c1-20-14-7-4-5-12(9-14)11-18-16(19)10-13-6-2-3-8-15(13)17/h2-9H,10-11H2,1H3,(H,18,19). The fraction of sp³-hybridized carbons (Fsp3) is 0.188. The van der Waals surface area contributed by atoms with Gasteiger partial charge in [-0.2, -0.15) is 0 Å². The Hall–Kier alpha value is -2.36. The lowest BCUT2D eigenvalue weighted by Gasteiger charge is -2.07. The van der Waals surface area contributed by atoms with E-state index in [9.17, 15) is 9.18 Å². The Kier molecular flexibility index (Phi) is 4.71. The summed E-state index contributed by atoms with van der Waals surface area (Å²) in [6.07, 6.45) is 0.0383. The molecular formula is C16H16FNO2. The first-order chi connectivity index (χ1) is 9.69. The van der Waals surface area contributed by atoms with Crippen LogP contribution in [-0.2, 0) is 17.8 Å². The summed E-state index contributed by atoms with van der Waals surface area (Å²) in [7, 11) is 1.59. The minimum Gasteiger partial charge on any atom is -0.497 e. The van der Waals surface area contributed by atoms with Crippen molar-refractivity contribution in [2.45, 2.75) is 13.0 Å². The van der Waals surface area contributed by atoms with E-state index in [2.05, 4.69) is 5.32 Å². The van der Waals surface area contributed by atoms with Crippen molar-refractivity contribution in [2.75, 3.05) is 7.11 Å². The molecular weight excluding hydrogens is 257 g/mol. The fourth-order valence-corrected chi connectivity index (χ4v) is 1.86. The number of halogens is 1. The van der Waals surface area contributed by atoms with Gasteiger partial charge in [-0.1, -0.05) is 30.3 Å². The van der Waals surface area contributed by atoms with E-state index in [0.29, 0.717) is 12.1 Å². The molecule has 0 aliphatic rings. The van der Waals surface area contributed by atoms with Crippen molar-refractivity contribution in [3.8, 4) is 5.75 Å². The van der Waals surface area contributed by atoms with Crippen molar-refractivity contribution in [3.63, 3.8) is 0 Å². The molecule has 0 fully saturated rings. The highest BCUT2D eigenvalue weighted by Crippen LogP contribution is 2.12. The third-order valence-corrected chi connectivity index (χ3v) is 2.93. The zero-order valence-corrected chi connectivity index (χ0v) is 11.2. The van der Waals surface area contributed by atoms with Crippen LogP contribution >= 0.6 is 0 Å². The van der Waals surface area contributed by atoms with Crippen LogP contribution in [0.15, 0.2) is 48.5 Å². The second-order valence-corrected chi connectivity index (χ2v) is 4.40. The molecule has 3 nitrogen and oxygen atoms in total. The zero-order chi connectivity index (χ0) is 14.4. The highest BCUT2D eigenvalue weighted by atomic mass is 19.1. The van der Waals surface area contributed by atoms with E-state index in [0.717, 1.165) is 11.3 Å². The molecule has 4 heteroatoms. The lowest BCUT2D eigenvalue weighted by molar-refractivity contribution is -0.120. The fourth-order valence-electron chi connectivity index (χ4n) is 1.86. The highest BCUT2D eigenvalue weighted by Gasteiger charge is 2.07. The Morgan fingerprint density at radius 2 is 2.00 bits per heavy atom. The van der Waals surface area contributed by atoms with Gasteiger partial charge < -0.3 is 10.1 Å². The van der Waals surface area contributed by atoms with Crippen molar-refractivity contribution >= 4 is 5.91 Å². The van der Waals surface area contributed by atoms with Crippen LogP contribution in [0.3, 0.4) is 0 Å². The third kappa shape index (κ3) is 3.82. The van der Waals surface area contributed by atoms with E-state index in [1.807, 2.05) is 24.3 Å². The van der Waals surface area contributed by atoms with Gasteiger partial charge >= 0.3 is 0 Å². The number of carbonyl (C=O) groups excluding carboxylic acids is 1. The van der Waals surface area contributed by atoms with Crippen LogP contribution in [0, 0.1) is 5.82 Å². The summed E-state index contributed by atoms with van der Waals surface area (Å²) >= 11 is 0. The van der Waals surface area contributed by atoms with Crippen LogP contribution in [0.25, 0.3) is 0 Å². The maximum atomic E-state index is 13.4. The number of methoxy groups -OCH3 is 1. The van der Waals surface area contributed by atoms with Gasteiger partial charge in [-0.05, 0) is 29.3 Å². The SMILES string of the molecule is COc1cccc(CNC(=O)Cc2ccccc2F)c1. The van der Waals surface area contributed by atoms with Crippen molar-refractivity contribution in [3.05, 3.63) is 65.5 Å². The maximum absolute atomic E-state index is 13.4. The van der Waals surface area contributed by atoms with Gasteiger partial charge in [0.15, 0.2) is 0 Å². The molecule has 104 valence electrons. The number of ether oxygens (including phenoxy) is 1. The topological polar surface area (TPSA) is 38.3 Å². The normalized spacial score (nSPS) is 10.1. The van der Waals surface area contributed by atoms with Gasteiger partial charge in [-0.25, -0.2) is 4.39 Å². The Morgan fingerprint density at radius 1 is 1.20 bits per heavy atom. The van der Waals surface area contributed by atoms with Crippen LogP contribution in [0.1, 0.15) is 11.1 Å². The van der Waals surface area contributed by atoms with Crippen molar-refractivity contribution in [1.29, 1.82) is 0 Å². The third-order valence-electron chi connectivity index (χ3n) is 2.93. The van der Waals surface area contributed by atoms with Crippen LogP contribution in [0.2, 0.25) is 0 Å². The van der Waals surface area contributed by atoms with Gasteiger partial charge in [-0.15, -0.1) is 0 Å². The number of benzene rings is 2. The molecule has 2 aromatic carbocycles. The number of amides is 1. The molecule has 0 aromatic heterocycles. The van der Waals surface area contributed by atoms with Gasteiger partial charge in [0.25, 0.3) is 0 Å². The van der Waals surface area contributed by atoms with E-state index >= 15 is 0 Å². The lowest BCUT2D eigenvalue weighted by atomic mass is 10.1. The number of nitrogens with one attached hydrogen (secondary N) is 1. The number of carbonyl (C=O) groups is 1.